The van der Waals surface area contributed by atoms with E-state index in [1.807, 2.05) is 36.4 Å². The van der Waals surface area contributed by atoms with Crippen molar-refractivity contribution < 1.29 is 9.47 Å². The molecule has 1 aromatic heterocycles. The molecule has 0 unspecified atom stereocenters. The van der Waals surface area contributed by atoms with E-state index < -0.39 is 0 Å². The van der Waals surface area contributed by atoms with Gasteiger partial charge in [-0.2, -0.15) is 0 Å². The van der Waals surface area contributed by atoms with Gasteiger partial charge >= 0.3 is 0 Å². The highest BCUT2D eigenvalue weighted by molar-refractivity contribution is 5.88. The van der Waals surface area contributed by atoms with Gasteiger partial charge in [0, 0.05) is 12.1 Å². The van der Waals surface area contributed by atoms with Crippen LogP contribution < -0.4 is 9.47 Å². The number of rotatable bonds is 24. The Hall–Kier alpha value is -2.36. The molecular weight excluding hydrogens is 492 g/mol. The van der Waals surface area contributed by atoms with E-state index in [4.69, 9.17) is 19.4 Å². The first kappa shape index (κ1) is 32.2. The van der Waals surface area contributed by atoms with E-state index in [-0.39, 0.29) is 0 Å². The topological polar surface area (TPSA) is 44.2 Å². The number of benzene rings is 2. The molecule has 0 amide bonds. The van der Waals surface area contributed by atoms with Gasteiger partial charge in [0.2, 0.25) is 0 Å². The third-order valence-electron chi connectivity index (χ3n) is 7.92. The molecule has 0 radical (unpaired) electrons. The molecule has 0 fully saturated rings. The maximum Gasteiger partial charge on any atom is 0.163 e. The van der Waals surface area contributed by atoms with Crippen molar-refractivity contribution in [2.75, 3.05) is 13.2 Å². The van der Waals surface area contributed by atoms with Crippen molar-refractivity contribution >= 4 is 22.1 Å². The molecule has 4 nitrogen and oxygen atoms in total. The van der Waals surface area contributed by atoms with Crippen LogP contribution in [0, 0.1) is 0 Å². The molecule has 40 heavy (non-hydrogen) atoms. The molecule has 0 aliphatic heterocycles. The molecule has 0 aliphatic rings. The zero-order valence-electron chi connectivity index (χ0n) is 25.7. The summed E-state index contributed by atoms with van der Waals surface area (Å²) in [7, 11) is 0. The Bertz CT molecular complexity index is 983. The molecule has 0 saturated heterocycles. The van der Waals surface area contributed by atoms with Crippen LogP contribution in [0.5, 0.6) is 11.5 Å². The first-order valence-corrected chi connectivity index (χ1v) is 16.8. The van der Waals surface area contributed by atoms with E-state index in [9.17, 15) is 0 Å². The van der Waals surface area contributed by atoms with Crippen molar-refractivity contribution in [3.05, 3.63) is 36.4 Å². The fourth-order valence-corrected chi connectivity index (χ4v) is 5.40. The first-order chi connectivity index (χ1) is 19.8. The molecule has 222 valence electrons. The van der Waals surface area contributed by atoms with Gasteiger partial charge in [0.15, 0.2) is 11.5 Å². The maximum absolute atomic E-state index is 6.29. The Kier molecular flexibility index (Phi) is 16.5. The number of ether oxygens (including phenoxy) is 2. The van der Waals surface area contributed by atoms with E-state index >= 15 is 0 Å². The Morgan fingerprint density at radius 2 is 0.750 bits per heavy atom. The molecule has 0 saturated carbocycles. The summed E-state index contributed by atoms with van der Waals surface area (Å²) in [6.07, 6.45) is 26.5. The first-order valence-electron chi connectivity index (χ1n) is 16.8. The predicted molar refractivity (Wildman–Crippen MR) is 172 cm³/mol. The number of fused-ring (bicyclic) bond motifs is 2. The lowest BCUT2D eigenvalue weighted by molar-refractivity contribution is 0.259. The largest absolute Gasteiger partial charge is 0.490 e. The summed E-state index contributed by atoms with van der Waals surface area (Å²) in [6.45, 7) is 6.00. The minimum absolute atomic E-state index is 0.720. The Labute approximate surface area is 244 Å². The minimum atomic E-state index is 0.720. The van der Waals surface area contributed by atoms with Gasteiger partial charge in [-0.15, -0.1) is 0 Å². The summed E-state index contributed by atoms with van der Waals surface area (Å²) in [4.78, 5) is 9.70. The lowest BCUT2D eigenvalue weighted by Crippen LogP contribution is -2.03. The SMILES string of the molecule is CCCCCCCCCCCCOc1cc2nc3ccccc3nc2cc1OCCCCCCCCCCCC. The maximum atomic E-state index is 6.29. The van der Waals surface area contributed by atoms with E-state index in [0.717, 1.165) is 59.6 Å². The van der Waals surface area contributed by atoms with Crippen molar-refractivity contribution in [3.8, 4) is 11.5 Å². The standard InChI is InChI=1S/C36H56N2O2/c1-3-5-7-9-11-13-15-17-19-23-27-39-35-29-33-34(38-32-26-22-21-25-31(32)37-33)30-36(35)40-28-24-20-18-16-14-12-10-8-6-4-2/h21-22,25-26,29-30H,3-20,23-24,27-28H2,1-2H3. The molecule has 0 spiro atoms. The molecule has 0 N–H and O–H groups in total. The fraction of sp³-hybridized carbons (Fsp3) is 0.667. The predicted octanol–water partition coefficient (Wildman–Crippen LogP) is 11.4. The number of nitrogens with zero attached hydrogens (tertiary/aromatic N) is 2. The normalized spacial score (nSPS) is 11.4. The van der Waals surface area contributed by atoms with Crippen LogP contribution in [0.1, 0.15) is 142 Å². The second kappa shape index (κ2) is 20.5. The summed E-state index contributed by atoms with van der Waals surface area (Å²) >= 11 is 0. The summed E-state index contributed by atoms with van der Waals surface area (Å²) in [5, 5.41) is 0. The Morgan fingerprint density at radius 1 is 0.425 bits per heavy atom. The summed E-state index contributed by atoms with van der Waals surface area (Å²) in [6, 6.07) is 12.1. The van der Waals surface area contributed by atoms with Crippen LogP contribution >= 0.6 is 0 Å². The minimum Gasteiger partial charge on any atom is -0.490 e. The summed E-state index contributed by atoms with van der Waals surface area (Å²) in [5.74, 6) is 1.61. The molecule has 0 atom stereocenters. The smallest absolute Gasteiger partial charge is 0.163 e. The van der Waals surface area contributed by atoms with Gasteiger partial charge in [-0.3, -0.25) is 0 Å². The van der Waals surface area contributed by atoms with Gasteiger partial charge in [0.05, 0.1) is 35.3 Å². The average Bonchev–Trinajstić information content (AvgIpc) is 2.97. The van der Waals surface area contributed by atoms with Crippen molar-refractivity contribution in [1.29, 1.82) is 0 Å². The third-order valence-corrected chi connectivity index (χ3v) is 7.92. The van der Waals surface area contributed by atoms with Crippen LogP contribution in [0.25, 0.3) is 22.1 Å². The van der Waals surface area contributed by atoms with Crippen molar-refractivity contribution in [3.63, 3.8) is 0 Å². The highest BCUT2D eigenvalue weighted by Crippen LogP contribution is 2.32. The van der Waals surface area contributed by atoms with Gasteiger partial charge in [-0.05, 0) is 25.0 Å². The second-order valence-electron chi connectivity index (χ2n) is 11.6. The molecule has 2 aromatic carbocycles. The van der Waals surface area contributed by atoms with Crippen LogP contribution in [0.3, 0.4) is 0 Å². The average molecular weight is 549 g/mol. The Balaban J connectivity index is 1.44. The van der Waals surface area contributed by atoms with Crippen LogP contribution in [-0.4, -0.2) is 23.2 Å². The van der Waals surface area contributed by atoms with Gasteiger partial charge in [0.1, 0.15) is 0 Å². The van der Waals surface area contributed by atoms with Gasteiger partial charge in [-0.1, -0.05) is 142 Å². The summed E-state index contributed by atoms with van der Waals surface area (Å²) in [5.41, 5.74) is 3.55. The zero-order chi connectivity index (χ0) is 28.1. The van der Waals surface area contributed by atoms with Crippen molar-refractivity contribution in [1.82, 2.24) is 9.97 Å². The molecule has 1 heterocycles. The summed E-state index contributed by atoms with van der Waals surface area (Å²) < 4.78 is 12.6. The lowest BCUT2D eigenvalue weighted by Gasteiger charge is -2.14. The van der Waals surface area contributed by atoms with Crippen LogP contribution in [0.4, 0.5) is 0 Å². The third kappa shape index (κ3) is 12.4. The van der Waals surface area contributed by atoms with Crippen LogP contribution in [0.15, 0.2) is 36.4 Å². The molecule has 4 heteroatoms. The molecule has 3 aromatic rings. The van der Waals surface area contributed by atoms with Gasteiger partial charge in [-0.25, -0.2) is 9.97 Å². The number of hydrogen-bond acceptors (Lipinski definition) is 4. The lowest BCUT2D eigenvalue weighted by atomic mass is 10.1. The van der Waals surface area contributed by atoms with Crippen LogP contribution in [-0.2, 0) is 0 Å². The van der Waals surface area contributed by atoms with E-state index in [1.165, 1.54) is 116 Å². The highest BCUT2D eigenvalue weighted by atomic mass is 16.5. The number of para-hydroxylation sites is 2. The zero-order valence-corrected chi connectivity index (χ0v) is 25.7. The number of aromatic nitrogens is 2. The number of unbranched alkanes of at least 4 members (excludes halogenated alkanes) is 18. The van der Waals surface area contributed by atoms with Crippen LogP contribution in [0.2, 0.25) is 0 Å². The highest BCUT2D eigenvalue weighted by Gasteiger charge is 2.11. The Morgan fingerprint density at radius 3 is 1.10 bits per heavy atom. The van der Waals surface area contributed by atoms with Crippen molar-refractivity contribution in [2.24, 2.45) is 0 Å². The molecule has 0 aliphatic carbocycles. The molecule has 3 rings (SSSR count). The fourth-order valence-electron chi connectivity index (χ4n) is 5.40. The van der Waals surface area contributed by atoms with E-state index in [0.29, 0.717) is 0 Å². The van der Waals surface area contributed by atoms with Gasteiger partial charge < -0.3 is 9.47 Å². The van der Waals surface area contributed by atoms with Crippen molar-refractivity contribution in [2.45, 2.75) is 142 Å². The monoisotopic (exact) mass is 548 g/mol. The molecule has 0 bridgehead atoms. The van der Waals surface area contributed by atoms with Gasteiger partial charge in [0.25, 0.3) is 0 Å². The second-order valence-corrected chi connectivity index (χ2v) is 11.6. The molecular formula is C36H56N2O2. The quantitative estimate of drug-likeness (QED) is 0.0824. The van der Waals surface area contributed by atoms with E-state index in [2.05, 4.69) is 13.8 Å². The van der Waals surface area contributed by atoms with E-state index in [1.54, 1.807) is 0 Å². The number of hydrogen-bond donors (Lipinski definition) is 0.